The van der Waals surface area contributed by atoms with Crippen molar-refractivity contribution in [3.63, 3.8) is 0 Å². The number of rotatable bonds is 7. The molecule has 1 fully saturated rings. The SMILES string of the molecule is C=CC(=O)NCCC(=O)NC1CCN(c2ccccc2OC)C1=O. The minimum Gasteiger partial charge on any atom is -0.495 e. The second-order valence-electron chi connectivity index (χ2n) is 5.32. The van der Waals surface area contributed by atoms with Crippen molar-refractivity contribution in [3.8, 4) is 5.75 Å². The fourth-order valence-corrected chi connectivity index (χ4v) is 2.54. The minimum absolute atomic E-state index is 0.109. The van der Waals surface area contributed by atoms with Gasteiger partial charge in [-0.15, -0.1) is 0 Å². The number of benzene rings is 1. The second-order valence-corrected chi connectivity index (χ2v) is 5.32. The standard InChI is InChI=1S/C17H21N3O4/c1-3-15(21)18-10-8-16(22)19-12-9-11-20(17(12)23)13-6-4-5-7-14(13)24-2/h3-7,12H,1,8-11H2,2H3,(H,18,21)(H,19,22). The van der Waals surface area contributed by atoms with E-state index in [1.807, 2.05) is 18.2 Å². The highest BCUT2D eigenvalue weighted by Gasteiger charge is 2.34. The molecule has 1 heterocycles. The monoisotopic (exact) mass is 331 g/mol. The third kappa shape index (κ3) is 4.13. The van der Waals surface area contributed by atoms with Gasteiger partial charge in [0.05, 0.1) is 12.8 Å². The van der Waals surface area contributed by atoms with Gasteiger partial charge in [0.2, 0.25) is 17.7 Å². The summed E-state index contributed by atoms with van der Waals surface area (Å²) in [6.45, 7) is 4.04. The number of carbonyl (C=O) groups is 3. The Morgan fingerprint density at radius 1 is 1.42 bits per heavy atom. The molecule has 7 heteroatoms. The molecule has 2 N–H and O–H groups in total. The zero-order valence-electron chi connectivity index (χ0n) is 13.6. The molecule has 1 saturated heterocycles. The molecule has 1 aromatic rings. The van der Waals surface area contributed by atoms with E-state index in [0.717, 1.165) is 6.08 Å². The highest BCUT2D eigenvalue weighted by molar-refractivity contribution is 6.02. The molecule has 1 unspecified atom stereocenters. The van der Waals surface area contributed by atoms with Crippen molar-refractivity contribution >= 4 is 23.4 Å². The lowest BCUT2D eigenvalue weighted by atomic mass is 10.2. The van der Waals surface area contributed by atoms with Crippen molar-refractivity contribution in [1.29, 1.82) is 0 Å². The molecule has 128 valence electrons. The number of nitrogens with one attached hydrogen (secondary N) is 2. The lowest BCUT2D eigenvalue weighted by molar-refractivity contribution is -0.126. The van der Waals surface area contributed by atoms with Gasteiger partial charge in [0, 0.05) is 19.5 Å². The quantitative estimate of drug-likeness (QED) is 0.717. The van der Waals surface area contributed by atoms with Gasteiger partial charge in [0.1, 0.15) is 11.8 Å². The van der Waals surface area contributed by atoms with Gasteiger partial charge in [-0.1, -0.05) is 18.7 Å². The van der Waals surface area contributed by atoms with Gasteiger partial charge in [0.25, 0.3) is 0 Å². The first kappa shape index (κ1) is 17.5. The van der Waals surface area contributed by atoms with Gasteiger partial charge in [0.15, 0.2) is 0 Å². The maximum Gasteiger partial charge on any atom is 0.249 e. The Morgan fingerprint density at radius 3 is 2.88 bits per heavy atom. The number of anilines is 1. The van der Waals surface area contributed by atoms with Gasteiger partial charge >= 0.3 is 0 Å². The number of amides is 3. The minimum atomic E-state index is -0.558. The summed E-state index contributed by atoms with van der Waals surface area (Å²) < 4.78 is 5.28. The summed E-state index contributed by atoms with van der Waals surface area (Å²) in [7, 11) is 1.55. The van der Waals surface area contributed by atoms with E-state index in [1.165, 1.54) is 0 Å². The molecule has 1 aliphatic rings. The van der Waals surface area contributed by atoms with Crippen LogP contribution < -0.4 is 20.3 Å². The summed E-state index contributed by atoms with van der Waals surface area (Å²) in [6, 6.07) is 6.71. The van der Waals surface area contributed by atoms with Gasteiger partial charge in [-0.3, -0.25) is 14.4 Å². The van der Waals surface area contributed by atoms with Crippen LogP contribution in [0.1, 0.15) is 12.8 Å². The average Bonchev–Trinajstić information content (AvgIpc) is 2.95. The number of methoxy groups -OCH3 is 1. The van der Waals surface area contributed by atoms with Crippen molar-refractivity contribution in [1.82, 2.24) is 10.6 Å². The van der Waals surface area contributed by atoms with Crippen LogP contribution in [0.2, 0.25) is 0 Å². The molecule has 24 heavy (non-hydrogen) atoms. The fourth-order valence-electron chi connectivity index (χ4n) is 2.54. The number of nitrogens with zero attached hydrogens (tertiary/aromatic N) is 1. The van der Waals surface area contributed by atoms with E-state index in [4.69, 9.17) is 4.74 Å². The van der Waals surface area contributed by atoms with Gasteiger partial charge in [-0.25, -0.2) is 0 Å². The van der Waals surface area contributed by atoms with E-state index in [-0.39, 0.29) is 30.7 Å². The Bertz CT molecular complexity index is 644. The Labute approximate surface area is 140 Å². The third-order valence-corrected chi connectivity index (χ3v) is 3.75. The lowest BCUT2D eigenvalue weighted by Crippen LogP contribution is -2.42. The van der Waals surface area contributed by atoms with Crippen LogP contribution in [0.4, 0.5) is 5.69 Å². The van der Waals surface area contributed by atoms with E-state index in [9.17, 15) is 14.4 Å². The smallest absolute Gasteiger partial charge is 0.249 e. The predicted octanol–water partition coefficient (Wildman–Crippen LogP) is 0.609. The zero-order chi connectivity index (χ0) is 17.5. The van der Waals surface area contributed by atoms with E-state index in [1.54, 1.807) is 18.1 Å². The number of carbonyl (C=O) groups excluding carboxylic acids is 3. The van der Waals surface area contributed by atoms with Crippen molar-refractivity contribution in [2.45, 2.75) is 18.9 Å². The molecule has 0 spiro atoms. The normalized spacial score (nSPS) is 16.6. The zero-order valence-corrected chi connectivity index (χ0v) is 13.6. The molecular weight excluding hydrogens is 310 g/mol. The fraction of sp³-hybridized carbons (Fsp3) is 0.353. The topological polar surface area (TPSA) is 87.7 Å². The number of para-hydroxylation sites is 2. The molecule has 2 rings (SSSR count). The van der Waals surface area contributed by atoms with E-state index >= 15 is 0 Å². The molecule has 0 radical (unpaired) electrons. The summed E-state index contributed by atoms with van der Waals surface area (Å²) in [5, 5.41) is 5.23. The van der Waals surface area contributed by atoms with Crippen molar-refractivity contribution in [2.24, 2.45) is 0 Å². The number of ether oxygens (including phenoxy) is 1. The Balaban J connectivity index is 1.90. The average molecular weight is 331 g/mol. The molecule has 0 aliphatic carbocycles. The Kier molecular flexibility index (Phi) is 5.95. The van der Waals surface area contributed by atoms with Crippen molar-refractivity contribution in [2.75, 3.05) is 25.1 Å². The van der Waals surface area contributed by atoms with Crippen LogP contribution in [-0.2, 0) is 14.4 Å². The number of hydrogen-bond donors (Lipinski definition) is 2. The van der Waals surface area contributed by atoms with Crippen LogP contribution in [0.5, 0.6) is 5.75 Å². The van der Waals surface area contributed by atoms with Gasteiger partial charge in [-0.05, 0) is 24.6 Å². The van der Waals surface area contributed by atoms with Crippen LogP contribution in [0, 0.1) is 0 Å². The summed E-state index contributed by atoms with van der Waals surface area (Å²) >= 11 is 0. The molecule has 0 bridgehead atoms. The largest absolute Gasteiger partial charge is 0.495 e. The molecule has 3 amide bonds. The highest BCUT2D eigenvalue weighted by atomic mass is 16.5. The first-order valence-electron chi connectivity index (χ1n) is 7.71. The molecule has 0 aromatic heterocycles. The first-order chi connectivity index (χ1) is 11.6. The predicted molar refractivity (Wildman–Crippen MR) is 89.7 cm³/mol. The summed E-state index contributed by atoms with van der Waals surface area (Å²) in [5.41, 5.74) is 0.694. The van der Waals surface area contributed by atoms with Crippen molar-refractivity contribution < 1.29 is 19.1 Å². The van der Waals surface area contributed by atoms with Gasteiger partial charge < -0.3 is 20.3 Å². The van der Waals surface area contributed by atoms with Gasteiger partial charge in [-0.2, -0.15) is 0 Å². The molecule has 0 saturated carbocycles. The third-order valence-electron chi connectivity index (χ3n) is 3.75. The summed E-state index contributed by atoms with van der Waals surface area (Å²) in [6.07, 6.45) is 1.78. The first-order valence-corrected chi connectivity index (χ1v) is 7.71. The van der Waals surface area contributed by atoms with Crippen molar-refractivity contribution in [3.05, 3.63) is 36.9 Å². The van der Waals surface area contributed by atoms with Crippen LogP contribution in [-0.4, -0.2) is 44.0 Å². The Morgan fingerprint density at radius 2 is 2.17 bits per heavy atom. The maximum absolute atomic E-state index is 12.5. The van der Waals surface area contributed by atoms with E-state index in [0.29, 0.717) is 24.4 Å². The second kappa shape index (κ2) is 8.14. The molecule has 7 nitrogen and oxygen atoms in total. The van der Waals surface area contributed by atoms with Crippen LogP contribution in [0.15, 0.2) is 36.9 Å². The highest BCUT2D eigenvalue weighted by Crippen LogP contribution is 2.30. The molecule has 1 aromatic carbocycles. The summed E-state index contributed by atoms with van der Waals surface area (Å²) in [5.74, 6) is -0.158. The Hall–Kier alpha value is -2.83. The summed E-state index contributed by atoms with van der Waals surface area (Å²) in [4.78, 5) is 37.0. The number of hydrogen-bond acceptors (Lipinski definition) is 4. The lowest BCUT2D eigenvalue weighted by Gasteiger charge is -2.19. The van der Waals surface area contributed by atoms with Crippen LogP contribution >= 0.6 is 0 Å². The molecule has 1 aliphatic heterocycles. The van der Waals surface area contributed by atoms with Crippen LogP contribution in [0.3, 0.4) is 0 Å². The van der Waals surface area contributed by atoms with E-state index < -0.39 is 6.04 Å². The van der Waals surface area contributed by atoms with E-state index in [2.05, 4.69) is 17.2 Å². The maximum atomic E-state index is 12.5. The molecule has 1 atom stereocenters. The molecular formula is C17H21N3O4. The van der Waals surface area contributed by atoms with Crippen LogP contribution in [0.25, 0.3) is 0 Å².